The number of amides is 3. The van der Waals surface area contributed by atoms with Crippen LogP contribution >= 0.6 is 23.4 Å². The van der Waals surface area contributed by atoms with Crippen LogP contribution in [0, 0.1) is 0 Å². The maximum atomic E-state index is 12.3. The van der Waals surface area contributed by atoms with E-state index in [0.29, 0.717) is 16.7 Å². The summed E-state index contributed by atoms with van der Waals surface area (Å²) in [6.07, 6.45) is 3.30. The van der Waals surface area contributed by atoms with Crippen LogP contribution in [0.25, 0.3) is 0 Å². The highest BCUT2D eigenvalue weighted by Gasteiger charge is 2.42. The number of fused-ring (bicyclic) bond motifs is 1. The van der Waals surface area contributed by atoms with Crippen LogP contribution in [0.2, 0.25) is 5.02 Å². The van der Waals surface area contributed by atoms with Gasteiger partial charge in [0.15, 0.2) is 0 Å². The third kappa shape index (κ3) is 4.57. The van der Waals surface area contributed by atoms with Gasteiger partial charge in [0, 0.05) is 36.5 Å². The minimum absolute atomic E-state index is 0.00292. The number of carbonyl (C=O) groups is 2. The molecule has 2 fully saturated rings. The van der Waals surface area contributed by atoms with Crippen molar-refractivity contribution in [3.8, 4) is 0 Å². The van der Waals surface area contributed by atoms with Crippen LogP contribution in [0.15, 0.2) is 18.2 Å². The third-order valence-corrected chi connectivity index (χ3v) is 6.54. The summed E-state index contributed by atoms with van der Waals surface area (Å²) in [7, 11) is 3.87. The fourth-order valence-electron chi connectivity index (χ4n) is 3.49. The molecule has 1 aromatic carbocycles. The van der Waals surface area contributed by atoms with Crippen LogP contribution in [0.5, 0.6) is 0 Å². The normalized spacial score (nSPS) is 24.0. The highest BCUT2D eigenvalue weighted by atomic mass is 35.5. The van der Waals surface area contributed by atoms with Crippen molar-refractivity contribution in [2.45, 2.75) is 43.0 Å². The maximum Gasteiger partial charge on any atom is 0.315 e. The predicted molar refractivity (Wildman–Crippen MR) is 108 cm³/mol. The molecule has 3 N–H and O–H groups in total. The number of anilines is 2. The van der Waals surface area contributed by atoms with Gasteiger partial charge in [-0.3, -0.25) is 4.79 Å². The molecule has 2 aliphatic heterocycles. The second-order valence-electron chi connectivity index (χ2n) is 6.97. The summed E-state index contributed by atoms with van der Waals surface area (Å²) in [4.78, 5) is 25.6. The van der Waals surface area contributed by atoms with E-state index < -0.39 is 0 Å². The molecule has 142 valence electrons. The van der Waals surface area contributed by atoms with E-state index in [-0.39, 0.29) is 24.0 Å². The fourth-order valence-corrected chi connectivity index (χ4v) is 5.20. The van der Waals surface area contributed by atoms with Crippen molar-refractivity contribution in [2.24, 2.45) is 0 Å². The van der Waals surface area contributed by atoms with Crippen LogP contribution < -0.4 is 20.9 Å². The molecular formula is C18H25ClN4O2S. The molecule has 3 atom stereocenters. The summed E-state index contributed by atoms with van der Waals surface area (Å²) < 4.78 is 0. The molecule has 0 bridgehead atoms. The Hall–Kier alpha value is -1.60. The number of rotatable bonds is 7. The van der Waals surface area contributed by atoms with Gasteiger partial charge < -0.3 is 20.9 Å². The molecule has 3 rings (SSSR count). The molecule has 8 heteroatoms. The first kappa shape index (κ1) is 19.2. The van der Waals surface area contributed by atoms with Crippen LogP contribution in [0.1, 0.15) is 25.7 Å². The highest BCUT2D eigenvalue weighted by Crippen LogP contribution is 2.33. The van der Waals surface area contributed by atoms with E-state index in [1.807, 2.05) is 42.9 Å². The average Bonchev–Trinajstić information content (AvgIpc) is 3.11. The quantitative estimate of drug-likeness (QED) is 0.489. The van der Waals surface area contributed by atoms with Crippen LogP contribution in [-0.4, -0.2) is 49.1 Å². The first-order valence-electron chi connectivity index (χ1n) is 8.89. The summed E-state index contributed by atoms with van der Waals surface area (Å²) in [5.74, 6) is 0.972. The van der Waals surface area contributed by atoms with Crippen molar-refractivity contribution in [1.82, 2.24) is 10.6 Å². The Morgan fingerprint density at radius 3 is 2.92 bits per heavy atom. The molecule has 1 aromatic rings. The topological polar surface area (TPSA) is 73.5 Å². The van der Waals surface area contributed by atoms with Crippen LogP contribution in [0.3, 0.4) is 0 Å². The SMILES string of the molecule is CN(C)c1ccc(Cl)cc1NC(=O)CCCC[C@@H]1SC[C@@H]2NC(=O)N[C@@H]21. The molecule has 0 aliphatic carbocycles. The van der Waals surface area contributed by atoms with Crippen molar-refractivity contribution in [2.75, 3.05) is 30.1 Å². The number of hydrogen-bond acceptors (Lipinski definition) is 4. The van der Waals surface area contributed by atoms with Crippen molar-refractivity contribution < 1.29 is 9.59 Å². The molecule has 2 heterocycles. The molecule has 6 nitrogen and oxygen atoms in total. The molecule has 2 saturated heterocycles. The van der Waals surface area contributed by atoms with Gasteiger partial charge in [-0.2, -0.15) is 11.8 Å². The van der Waals surface area contributed by atoms with Gasteiger partial charge in [0.1, 0.15) is 0 Å². The van der Waals surface area contributed by atoms with E-state index in [1.165, 1.54) is 0 Å². The number of halogens is 1. The van der Waals surface area contributed by atoms with Gasteiger partial charge in [-0.1, -0.05) is 18.0 Å². The van der Waals surface area contributed by atoms with E-state index in [4.69, 9.17) is 11.6 Å². The molecule has 0 radical (unpaired) electrons. The summed E-state index contributed by atoms with van der Waals surface area (Å²) in [5.41, 5.74) is 1.67. The first-order valence-corrected chi connectivity index (χ1v) is 10.3. The lowest BCUT2D eigenvalue weighted by Gasteiger charge is -2.18. The molecule has 0 spiro atoms. The average molecular weight is 397 g/mol. The zero-order chi connectivity index (χ0) is 18.7. The number of hydrogen-bond donors (Lipinski definition) is 3. The summed E-state index contributed by atoms with van der Waals surface area (Å²) in [6, 6.07) is 5.93. The number of carbonyl (C=O) groups excluding carboxylic acids is 2. The van der Waals surface area contributed by atoms with Crippen molar-refractivity contribution in [3.63, 3.8) is 0 Å². The van der Waals surface area contributed by atoms with Crippen LogP contribution in [-0.2, 0) is 4.79 Å². The molecule has 26 heavy (non-hydrogen) atoms. The number of unbranched alkanes of at least 4 members (excludes halogenated alkanes) is 1. The summed E-state index contributed by atoms with van der Waals surface area (Å²) >= 11 is 7.96. The first-order chi connectivity index (χ1) is 12.4. The lowest BCUT2D eigenvalue weighted by Crippen LogP contribution is -2.36. The van der Waals surface area contributed by atoms with E-state index >= 15 is 0 Å². The fraction of sp³-hybridized carbons (Fsp3) is 0.556. The molecule has 0 aromatic heterocycles. The lowest BCUT2D eigenvalue weighted by atomic mass is 10.0. The van der Waals surface area contributed by atoms with E-state index in [2.05, 4.69) is 16.0 Å². The van der Waals surface area contributed by atoms with E-state index in [0.717, 1.165) is 36.4 Å². The monoisotopic (exact) mass is 396 g/mol. The predicted octanol–water partition coefficient (Wildman–Crippen LogP) is 3.07. The van der Waals surface area contributed by atoms with Gasteiger partial charge in [-0.25, -0.2) is 4.79 Å². The lowest BCUT2D eigenvalue weighted by molar-refractivity contribution is -0.116. The third-order valence-electron chi connectivity index (χ3n) is 4.80. The van der Waals surface area contributed by atoms with E-state index in [1.54, 1.807) is 6.07 Å². The minimum Gasteiger partial charge on any atom is -0.376 e. The second kappa shape index (κ2) is 8.39. The molecular weight excluding hydrogens is 372 g/mol. The Kier molecular flexibility index (Phi) is 6.19. The van der Waals surface area contributed by atoms with Crippen molar-refractivity contribution >= 4 is 46.7 Å². The molecule has 0 saturated carbocycles. The Morgan fingerprint density at radius 2 is 2.15 bits per heavy atom. The second-order valence-corrected chi connectivity index (χ2v) is 8.68. The number of nitrogens with zero attached hydrogens (tertiary/aromatic N) is 1. The number of urea groups is 1. The minimum atomic E-state index is -0.0529. The zero-order valence-corrected chi connectivity index (χ0v) is 16.6. The smallest absolute Gasteiger partial charge is 0.315 e. The van der Waals surface area contributed by atoms with Gasteiger partial charge in [-0.05, 0) is 31.0 Å². The summed E-state index contributed by atoms with van der Waals surface area (Å²) in [5, 5.41) is 9.96. The largest absolute Gasteiger partial charge is 0.376 e. The van der Waals surface area contributed by atoms with Gasteiger partial charge in [-0.15, -0.1) is 0 Å². The van der Waals surface area contributed by atoms with Crippen molar-refractivity contribution in [3.05, 3.63) is 23.2 Å². The molecule has 2 aliphatic rings. The van der Waals surface area contributed by atoms with Gasteiger partial charge >= 0.3 is 6.03 Å². The van der Waals surface area contributed by atoms with Crippen LogP contribution in [0.4, 0.5) is 16.2 Å². The zero-order valence-electron chi connectivity index (χ0n) is 15.0. The Labute approximate surface area is 163 Å². The number of thioether (sulfide) groups is 1. The van der Waals surface area contributed by atoms with Gasteiger partial charge in [0.05, 0.1) is 23.5 Å². The number of benzene rings is 1. The Morgan fingerprint density at radius 1 is 1.35 bits per heavy atom. The Balaban J connectivity index is 1.42. The summed E-state index contributed by atoms with van der Waals surface area (Å²) in [6.45, 7) is 0. The van der Waals surface area contributed by atoms with Crippen molar-refractivity contribution in [1.29, 1.82) is 0 Å². The van der Waals surface area contributed by atoms with Gasteiger partial charge in [0.2, 0.25) is 5.91 Å². The maximum absolute atomic E-state index is 12.3. The van der Waals surface area contributed by atoms with Gasteiger partial charge in [0.25, 0.3) is 0 Å². The number of nitrogens with one attached hydrogen (secondary N) is 3. The molecule has 0 unspecified atom stereocenters. The highest BCUT2D eigenvalue weighted by molar-refractivity contribution is 8.00. The Bertz CT molecular complexity index is 685. The standard InChI is InChI=1S/C18H25ClN4O2S/c1-23(2)14-8-7-11(19)9-12(14)20-16(24)6-4-3-5-15-17-13(10-26-15)21-18(25)22-17/h7-9,13,15,17H,3-6,10H2,1-2H3,(H,20,24)(H2,21,22,25)/t13-,15-,17-/m0/s1. The molecule has 3 amide bonds. The van der Waals surface area contributed by atoms with E-state index in [9.17, 15) is 9.59 Å².